The van der Waals surface area contributed by atoms with Gasteiger partial charge in [-0.05, 0) is 33.1 Å². The molecule has 0 saturated carbocycles. The number of halogens is 1. The molecule has 0 spiro atoms. The molecule has 0 aromatic carbocycles. The number of carbonyl (C=O) groups excluding carboxylic acids is 1. The molecule has 1 aromatic heterocycles. The van der Waals surface area contributed by atoms with Crippen LogP contribution in [-0.4, -0.2) is 46.2 Å². The smallest absolute Gasteiger partial charge is 0.410 e. The SMILES string of the molecule is CC(C)(C)OC(=O)N1CC[C@H](CNc2ncc(F)cn2)C1. The second-order valence-electron chi connectivity index (χ2n) is 6.19. The molecule has 1 N–H and O–H groups in total. The number of amides is 1. The molecule has 1 fully saturated rings. The summed E-state index contributed by atoms with van der Waals surface area (Å²) < 4.78 is 18.0. The number of hydrogen-bond donors (Lipinski definition) is 1. The second-order valence-corrected chi connectivity index (χ2v) is 6.19. The van der Waals surface area contributed by atoms with Crippen LogP contribution in [0.25, 0.3) is 0 Å². The molecule has 0 radical (unpaired) electrons. The molecule has 1 aliphatic heterocycles. The van der Waals surface area contributed by atoms with Gasteiger partial charge in [-0.25, -0.2) is 19.2 Å². The average molecular weight is 296 g/mol. The van der Waals surface area contributed by atoms with Gasteiger partial charge in [-0.15, -0.1) is 0 Å². The Kier molecular flexibility index (Phi) is 4.59. The van der Waals surface area contributed by atoms with E-state index in [9.17, 15) is 9.18 Å². The predicted octanol–water partition coefficient (Wildman–Crippen LogP) is 2.28. The van der Waals surface area contributed by atoms with Gasteiger partial charge < -0.3 is 15.0 Å². The highest BCUT2D eigenvalue weighted by atomic mass is 19.1. The minimum atomic E-state index is -0.477. The minimum absolute atomic E-state index is 0.275. The van der Waals surface area contributed by atoms with Gasteiger partial charge in [0.1, 0.15) is 5.60 Å². The number of nitrogens with zero attached hydrogens (tertiary/aromatic N) is 3. The van der Waals surface area contributed by atoms with Crippen molar-refractivity contribution in [3.05, 3.63) is 18.2 Å². The van der Waals surface area contributed by atoms with Gasteiger partial charge in [0.2, 0.25) is 5.95 Å². The van der Waals surface area contributed by atoms with Crippen LogP contribution in [0.2, 0.25) is 0 Å². The lowest BCUT2D eigenvalue weighted by Gasteiger charge is -2.24. The summed E-state index contributed by atoms with van der Waals surface area (Å²) in [5.74, 6) is 0.246. The zero-order valence-electron chi connectivity index (χ0n) is 12.6. The quantitative estimate of drug-likeness (QED) is 0.927. The van der Waals surface area contributed by atoms with Gasteiger partial charge in [-0.1, -0.05) is 0 Å². The van der Waals surface area contributed by atoms with E-state index in [1.54, 1.807) is 4.90 Å². The normalized spacial score (nSPS) is 18.7. The Balaban J connectivity index is 1.77. The zero-order chi connectivity index (χ0) is 15.5. The largest absolute Gasteiger partial charge is 0.444 e. The van der Waals surface area contributed by atoms with Crippen molar-refractivity contribution in [3.8, 4) is 0 Å². The maximum atomic E-state index is 12.7. The van der Waals surface area contributed by atoms with Crippen LogP contribution in [0.15, 0.2) is 12.4 Å². The first kappa shape index (κ1) is 15.5. The Morgan fingerprint density at radius 3 is 2.76 bits per heavy atom. The summed E-state index contributed by atoms with van der Waals surface area (Å²) >= 11 is 0. The monoisotopic (exact) mass is 296 g/mol. The Morgan fingerprint density at radius 2 is 2.14 bits per heavy atom. The van der Waals surface area contributed by atoms with E-state index in [4.69, 9.17) is 4.74 Å². The van der Waals surface area contributed by atoms with Crippen LogP contribution < -0.4 is 5.32 Å². The lowest BCUT2D eigenvalue weighted by Crippen LogP contribution is -2.35. The van der Waals surface area contributed by atoms with E-state index in [0.29, 0.717) is 31.5 Å². The molecule has 1 atom stereocenters. The third kappa shape index (κ3) is 4.84. The maximum Gasteiger partial charge on any atom is 0.410 e. The molecule has 2 rings (SSSR count). The van der Waals surface area contributed by atoms with Crippen molar-refractivity contribution in [3.63, 3.8) is 0 Å². The summed E-state index contributed by atoms with van der Waals surface area (Å²) in [6.07, 6.45) is 2.87. The summed E-state index contributed by atoms with van der Waals surface area (Å²) in [6.45, 7) is 7.53. The van der Waals surface area contributed by atoms with E-state index in [0.717, 1.165) is 18.8 Å². The number of likely N-dealkylation sites (tertiary alicyclic amines) is 1. The zero-order valence-corrected chi connectivity index (χ0v) is 12.6. The minimum Gasteiger partial charge on any atom is -0.444 e. The molecule has 0 unspecified atom stereocenters. The summed E-state index contributed by atoms with van der Waals surface area (Å²) in [5.41, 5.74) is -0.477. The molecule has 116 valence electrons. The lowest BCUT2D eigenvalue weighted by atomic mass is 10.1. The summed E-state index contributed by atoms with van der Waals surface area (Å²) in [4.78, 5) is 21.3. The third-order valence-corrected chi connectivity index (χ3v) is 3.11. The van der Waals surface area contributed by atoms with Crippen molar-refractivity contribution < 1.29 is 13.9 Å². The van der Waals surface area contributed by atoms with E-state index >= 15 is 0 Å². The lowest BCUT2D eigenvalue weighted by molar-refractivity contribution is 0.0289. The van der Waals surface area contributed by atoms with E-state index in [-0.39, 0.29) is 6.09 Å². The number of ether oxygens (including phenoxy) is 1. The molecule has 0 bridgehead atoms. The molecular formula is C14H21FN4O2. The van der Waals surface area contributed by atoms with Crippen LogP contribution in [0.1, 0.15) is 27.2 Å². The van der Waals surface area contributed by atoms with E-state index in [1.165, 1.54) is 0 Å². The fourth-order valence-corrected chi connectivity index (χ4v) is 2.13. The second kappa shape index (κ2) is 6.24. The first-order valence-corrected chi connectivity index (χ1v) is 7.03. The van der Waals surface area contributed by atoms with Gasteiger partial charge in [-0.3, -0.25) is 0 Å². The first-order valence-electron chi connectivity index (χ1n) is 7.03. The highest BCUT2D eigenvalue weighted by Crippen LogP contribution is 2.19. The van der Waals surface area contributed by atoms with Crippen molar-refractivity contribution in [1.29, 1.82) is 0 Å². The molecule has 1 saturated heterocycles. The highest BCUT2D eigenvalue weighted by Gasteiger charge is 2.29. The topological polar surface area (TPSA) is 67.3 Å². The van der Waals surface area contributed by atoms with Gasteiger partial charge in [-0.2, -0.15) is 0 Å². The van der Waals surface area contributed by atoms with E-state index in [1.807, 2.05) is 20.8 Å². The van der Waals surface area contributed by atoms with Crippen molar-refractivity contribution in [1.82, 2.24) is 14.9 Å². The summed E-state index contributed by atoms with van der Waals surface area (Å²) in [7, 11) is 0. The van der Waals surface area contributed by atoms with Gasteiger partial charge >= 0.3 is 6.09 Å². The van der Waals surface area contributed by atoms with Crippen LogP contribution in [0.4, 0.5) is 15.1 Å². The standard InChI is InChI=1S/C14H21FN4O2/c1-14(2,3)21-13(20)19-5-4-10(9-19)6-16-12-17-7-11(15)8-18-12/h7-8,10H,4-6,9H2,1-3H3,(H,16,17,18)/t10-/m1/s1. The highest BCUT2D eigenvalue weighted by molar-refractivity contribution is 5.68. The molecule has 0 aliphatic carbocycles. The average Bonchev–Trinajstić information content (AvgIpc) is 2.85. The predicted molar refractivity (Wildman–Crippen MR) is 76.4 cm³/mol. The molecule has 6 nitrogen and oxygen atoms in total. The number of nitrogens with one attached hydrogen (secondary N) is 1. The Morgan fingerprint density at radius 1 is 1.48 bits per heavy atom. The molecule has 21 heavy (non-hydrogen) atoms. The number of carbonyl (C=O) groups is 1. The fraction of sp³-hybridized carbons (Fsp3) is 0.643. The third-order valence-electron chi connectivity index (χ3n) is 3.11. The van der Waals surface area contributed by atoms with Gasteiger partial charge in [0, 0.05) is 19.6 Å². The van der Waals surface area contributed by atoms with E-state index in [2.05, 4.69) is 15.3 Å². The fourth-order valence-electron chi connectivity index (χ4n) is 2.13. The number of anilines is 1. The van der Waals surface area contributed by atoms with Crippen molar-refractivity contribution >= 4 is 12.0 Å². The van der Waals surface area contributed by atoms with Crippen LogP contribution in [0, 0.1) is 11.7 Å². The Hall–Kier alpha value is -1.92. The van der Waals surface area contributed by atoms with Gasteiger partial charge in [0.25, 0.3) is 0 Å². The number of aromatic nitrogens is 2. The molecule has 1 aromatic rings. The van der Waals surface area contributed by atoms with E-state index < -0.39 is 11.4 Å². The molecule has 1 amide bonds. The molecule has 7 heteroatoms. The maximum absolute atomic E-state index is 12.7. The van der Waals surface area contributed by atoms with Crippen LogP contribution in [0.3, 0.4) is 0 Å². The molecular weight excluding hydrogens is 275 g/mol. The molecule has 2 heterocycles. The van der Waals surface area contributed by atoms with Crippen LogP contribution in [0.5, 0.6) is 0 Å². The van der Waals surface area contributed by atoms with Crippen LogP contribution >= 0.6 is 0 Å². The Bertz CT molecular complexity index is 487. The number of hydrogen-bond acceptors (Lipinski definition) is 5. The van der Waals surface area contributed by atoms with Crippen molar-refractivity contribution in [2.24, 2.45) is 5.92 Å². The summed E-state index contributed by atoms with van der Waals surface area (Å²) in [6, 6.07) is 0. The van der Waals surface area contributed by atoms with Crippen molar-refractivity contribution in [2.45, 2.75) is 32.8 Å². The molecule has 1 aliphatic rings. The number of rotatable bonds is 3. The van der Waals surface area contributed by atoms with Gasteiger partial charge in [0.15, 0.2) is 5.82 Å². The first-order chi connectivity index (χ1) is 9.83. The van der Waals surface area contributed by atoms with Crippen LogP contribution in [-0.2, 0) is 4.74 Å². The summed E-state index contributed by atoms with van der Waals surface area (Å²) in [5, 5.41) is 3.05. The van der Waals surface area contributed by atoms with Crippen molar-refractivity contribution in [2.75, 3.05) is 25.0 Å². The Labute approximate surface area is 123 Å². The van der Waals surface area contributed by atoms with Gasteiger partial charge in [0.05, 0.1) is 12.4 Å².